The van der Waals surface area contributed by atoms with Gasteiger partial charge in [-0.15, -0.1) is 0 Å². The quantitative estimate of drug-likeness (QED) is 0.342. The molecule has 80 valence electrons. The number of carbonyl (C=O) groups is 1. The molecule has 0 aliphatic carbocycles. The van der Waals surface area contributed by atoms with Crippen LogP contribution in [-0.2, 0) is 4.79 Å². The number of carbonyl (C=O) groups excluding carboxylic acids is 1. The summed E-state index contributed by atoms with van der Waals surface area (Å²) in [5.74, 6) is 0. The molecule has 0 heterocycles. The zero-order valence-electron chi connectivity index (χ0n) is 5.73. The third-order valence-corrected chi connectivity index (χ3v) is 1.57. The second-order valence-electron chi connectivity index (χ2n) is 1.57. The predicted octanol–water partition coefficient (Wildman–Crippen LogP) is 2.69. The van der Waals surface area contributed by atoms with Crippen molar-refractivity contribution in [1.29, 1.82) is 0 Å². The molecule has 0 aromatic heterocycles. The summed E-state index contributed by atoms with van der Waals surface area (Å²) in [6, 6.07) is 0. The summed E-state index contributed by atoms with van der Waals surface area (Å²) < 4.78 is -2.67. The number of aldehydes is 1. The van der Waals surface area contributed by atoms with Gasteiger partial charge in [-0.25, -0.2) is 0 Å². The summed E-state index contributed by atoms with van der Waals surface area (Å²) in [7, 11) is 0. The van der Waals surface area contributed by atoms with Crippen molar-refractivity contribution >= 4 is 88.9 Å². The van der Waals surface area contributed by atoms with Crippen LogP contribution in [0.4, 0.5) is 0 Å². The molecule has 0 aliphatic rings. The van der Waals surface area contributed by atoms with Gasteiger partial charge in [0.1, 0.15) is 0 Å². The molecule has 13 heavy (non-hydrogen) atoms. The van der Waals surface area contributed by atoms with Crippen LogP contribution in [0.2, 0.25) is 0 Å². The molecule has 0 aliphatic heterocycles. The van der Waals surface area contributed by atoms with Gasteiger partial charge in [-0.1, -0.05) is 82.6 Å². The van der Waals surface area contributed by atoms with Crippen molar-refractivity contribution in [1.82, 2.24) is 0 Å². The molecule has 0 rings (SSSR count). The molecule has 0 aromatic rings. The first-order valence-electron chi connectivity index (χ1n) is 2.46. The van der Waals surface area contributed by atoms with E-state index in [1.807, 2.05) is 0 Å². The molecule has 3 nitrogen and oxygen atoms in total. The van der Waals surface area contributed by atoms with Crippen LogP contribution in [0.15, 0.2) is 0 Å². The van der Waals surface area contributed by atoms with Gasteiger partial charge in [0.05, 0.1) is 0 Å². The Balaban J connectivity index is 0. The molecule has 0 spiro atoms. The largest absolute Gasteiger partial charge is 0.365 e. The Morgan fingerprint density at radius 2 is 1.31 bits per heavy atom. The van der Waals surface area contributed by atoms with Crippen molar-refractivity contribution in [3.63, 3.8) is 0 Å². The van der Waals surface area contributed by atoms with Gasteiger partial charge in [0.25, 0.3) is 0 Å². The molecule has 0 amide bonds. The van der Waals surface area contributed by atoms with Crippen molar-refractivity contribution in [3.05, 3.63) is 0 Å². The van der Waals surface area contributed by atoms with Crippen molar-refractivity contribution in [2.75, 3.05) is 0 Å². The average Bonchev–Trinajstić information content (AvgIpc) is 1.85. The van der Waals surface area contributed by atoms with Gasteiger partial charge in [0.2, 0.25) is 3.79 Å². The number of halogens is 6. The van der Waals surface area contributed by atoms with Crippen molar-refractivity contribution < 1.29 is 15.0 Å². The van der Waals surface area contributed by atoms with Gasteiger partial charge < -0.3 is 10.2 Å². The van der Waals surface area contributed by atoms with E-state index in [1.165, 1.54) is 0 Å². The lowest BCUT2D eigenvalue weighted by Gasteiger charge is -2.10. The smallest absolute Gasteiger partial charge is 0.240 e. The molecule has 0 fully saturated rings. The van der Waals surface area contributed by atoms with Crippen LogP contribution >= 0.6 is 82.6 Å². The minimum atomic E-state index is -1.97. The molecule has 0 radical (unpaired) electrons. The highest BCUT2D eigenvalue weighted by atomic mass is 80.0. The first kappa shape index (κ1) is 17.3. The maximum Gasteiger partial charge on any atom is 0.240 e. The number of hydrogen-bond donors (Lipinski definition) is 2. The fourth-order valence-corrected chi connectivity index (χ4v) is 0. The average molecular weight is 446 g/mol. The minimum absolute atomic E-state index is 0.688. The Hall–Kier alpha value is 1.90. The minimum Gasteiger partial charge on any atom is -0.365 e. The second-order valence-corrected chi connectivity index (χ2v) is 10.9. The lowest BCUT2D eigenvalue weighted by Crippen LogP contribution is -2.23. The number of alkyl halides is 6. The standard InChI is InChI=1S/C2HBr3O.C2H3Cl3O2/c3-2(4,5)1-6;3-2(4,5)1(6)7/h1H;1,6-7H. The van der Waals surface area contributed by atoms with Crippen LogP contribution in [0.1, 0.15) is 0 Å². The fraction of sp³-hybridized carbons (Fsp3) is 0.750. The topological polar surface area (TPSA) is 57.5 Å². The Bertz CT molecular complexity index is 153. The third kappa shape index (κ3) is 16.6. The molecule has 2 N–H and O–H groups in total. The van der Waals surface area contributed by atoms with E-state index in [4.69, 9.17) is 45.0 Å². The molecular weight excluding hydrogens is 442 g/mol. The van der Waals surface area contributed by atoms with E-state index in [0.717, 1.165) is 0 Å². The van der Waals surface area contributed by atoms with Crippen LogP contribution in [0.25, 0.3) is 0 Å². The van der Waals surface area contributed by atoms with E-state index in [1.54, 1.807) is 0 Å². The molecule has 0 aromatic carbocycles. The Morgan fingerprint density at radius 3 is 1.31 bits per heavy atom. The van der Waals surface area contributed by atoms with Crippen molar-refractivity contribution in [2.45, 2.75) is 12.2 Å². The van der Waals surface area contributed by atoms with E-state index >= 15 is 0 Å². The van der Waals surface area contributed by atoms with E-state index < -0.39 is 12.2 Å². The zero-order chi connectivity index (χ0) is 11.3. The summed E-state index contributed by atoms with van der Waals surface area (Å²) in [6.07, 6.45) is -1.22. The van der Waals surface area contributed by atoms with Crippen LogP contribution in [0, 0.1) is 0 Å². The van der Waals surface area contributed by atoms with Gasteiger partial charge in [0.15, 0.2) is 14.7 Å². The van der Waals surface area contributed by atoms with Crippen LogP contribution in [-0.4, -0.2) is 28.7 Å². The van der Waals surface area contributed by atoms with Crippen molar-refractivity contribution in [2.24, 2.45) is 0 Å². The van der Waals surface area contributed by atoms with E-state index in [0.29, 0.717) is 6.29 Å². The van der Waals surface area contributed by atoms with Gasteiger partial charge >= 0.3 is 0 Å². The summed E-state index contributed by atoms with van der Waals surface area (Å²) in [6.45, 7) is 0. The zero-order valence-corrected chi connectivity index (χ0v) is 12.8. The van der Waals surface area contributed by atoms with Crippen LogP contribution in [0.5, 0.6) is 0 Å². The van der Waals surface area contributed by atoms with Gasteiger partial charge in [-0.2, -0.15) is 0 Å². The first-order chi connectivity index (χ1) is 5.50. The maximum absolute atomic E-state index is 9.69. The van der Waals surface area contributed by atoms with E-state index in [2.05, 4.69) is 47.8 Å². The molecule has 0 saturated carbocycles. The van der Waals surface area contributed by atoms with Gasteiger partial charge in [-0.3, -0.25) is 4.79 Å². The Labute approximate surface area is 115 Å². The first-order valence-corrected chi connectivity index (χ1v) is 5.98. The van der Waals surface area contributed by atoms with Crippen molar-refractivity contribution in [3.8, 4) is 0 Å². The lowest BCUT2D eigenvalue weighted by molar-refractivity contribution is -0.106. The summed E-state index contributed by atoms with van der Waals surface area (Å²) >= 11 is 23.5. The molecular formula is C4H4Br3Cl3O3. The molecule has 9 heteroatoms. The van der Waals surface area contributed by atoms with Crippen LogP contribution < -0.4 is 0 Å². The number of rotatable bonds is 0. The lowest BCUT2D eigenvalue weighted by atomic mass is 10.8. The predicted molar refractivity (Wildman–Crippen MR) is 64.1 cm³/mol. The number of aliphatic hydroxyl groups excluding tert-OH is 1. The fourth-order valence-electron chi connectivity index (χ4n) is 0. The second kappa shape index (κ2) is 7.22. The van der Waals surface area contributed by atoms with E-state index in [9.17, 15) is 4.79 Å². The summed E-state index contributed by atoms with van der Waals surface area (Å²) in [5.41, 5.74) is 0. The maximum atomic E-state index is 9.69. The molecule has 0 unspecified atom stereocenters. The van der Waals surface area contributed by atoms with E-state index in [-0.39, 0.29) is 0 Å². The highest BCUT2D eigenvalue weighted by Gasteiger charge is 2.28. The number of hydrogen-bond acceptors (Lipinski definition) is 3. The monoisotopic (exact) mass is 442 g/mol. The summed E-state index contributed by atoms with van der Waals surface area (Å²) in [5, 5.41) is 16.1. The molecule has 0 bridgehead atoms. The molecule has 0 atom stereocenters. The van der Waals surface area contributed by atoms with Crippen LogP contribution in [0.3, 0.4) is 0 Å². The summed E-state index contributed by atoms with van der Waals surface area (Å²) in [4.78, 5) is 9.69. The highest BCUT2D eigenvalue weighted by Crippen LogP contribution is 2.30. The Morgan fingerprint density at radius 1 is 1.15 bits per heavy atom. The van der Waals surface area contributed by atoms with Gasteiger partial charge in [0, 0.05) is 0 Å². The Kier molecular flexibility index (Phi) is 9.61. The highest BCUT2D eigenvalue weighted by molar-refractivity contribution is 9.40. The number of aliphatic hydroxyl groups is 2. The normalized spacial score (nSPS) is 12.1. The third-order valence-electron chi connectivity index (χ3n) is 0.426. The van der Waals surface area contributed by atoms with Gasteiger partial charge in [-0.05, 0) is 0 Å². The molecule has 0 saturated heterocycles. The SMILES string of the molecule is O=CC(Br)(Br)Br.OC(O)C(Cl)(Cl)Cl.